The van der Waals surface area contributed by atoms with Gasteiger partial charge in [0.1, 0.15) is 6.61 Å². The maximum atomic E-state index is 12.5. The molecule has 0 radical (unpaired) electrons. The lowest BCUT2D eigenvalue weighted by molar-refractivity contribution is 0.0866. The summed E-state index contributed by atoms with van der Waals surface area (Å²) in [6.07, 6.45) is 0.403. The van der Waals surface area contributed by atoms with Crippen LogP contribution in [0.25, 0.3) is 11.4 Å². The summed E-state index contributed by atoms with van der Waals surface area (Å²) in [5, 5.41) is 4.26. The summed E-state index contributed by atoms with van der Waals surface area (Å²) in [5.41, 5.74) is 1.91. The van der Waals surface area contributed by atoms with Crippen molar-refractivity contribution in [2.24, 2.45) is 5.92 Å². The largest absolute Gasteiger partial charge is 0.460 e. The molecule has 0 saturated heterocycles. The second-order valence-electron chi connectivity index (χ2n) is 5.98. The van der Waals surface area contributed by atoms with Crippen LogP contribution in [0.1, 0.15) is 37.6 Å². The molecule has 0 aliphatic rings. The molecule has 24 heavy (non-hydrogen) atoms. The monoisotopic (exact) mass is 331 g/mol. The van der Waals surface area contributed by atoms with Gasteiger partial charge >= 0.3 is 6.01 Å². The van der Waals surface area contributed by atoms with Crippen LogP contribution in [0.3, 0.4) is 0 Å². The third kappa shape index (κ3) is 4.64. The number of nitrogens with zero attached hydrogens (tertiary/aromatic N) is 3. The van der Waals surface area contributed by atoms with E-state index in [1.165, 1.54) is 4.68 Å². The highest BCUT2D eigenvalue weighted by molar-refractivity contribution is 5.82. The number of hydrogen-bond acceptors (Lipinski definition) is 5. The van der Waals surface area contributed by atoms with Gasteiger partial charge in [-0.05, 0) is 25.3 Å². The SMILES string of the molecule is CCOCCOc1nc(-c2ccccc2C)n(C(=O)CC(C)C)n1. The molecule has 0 N–H and O–H groups in total. The Bertz CT molecular complexity index is 680. The Balaban J connectivity index is 2.30. The number of carbonyl (C=O) groups excluding carboxylic acids is 1. The van der Waals surface area contributed by atoms with Gasteiger partial charge in [0.25, 0.3) is 0 Å². The first-order valence-electron chi connectivity index (χ1n) is 8.29. The summed E-state index contributed by atoms with van der Waals surface area (Å²) in [4.78, 5) is 17.0. The molecule has 0 fully saturated rings. The highest BCUT2D eigenvalue weighted by Gasteiger charge is 2.20. The molecule has 0 aliphatic heterocycles. The number of aromatic nitrogens is 3. The summed E-state index contributed by atoms with van der Waals surface area (Å²) < 4.78 is 12.1. The van der Waals surface area contributed by atoms with E-state index in [9.17, 15) is 4.79 Å². The van der Waals surface area contributed by atoms with Gasteiger partial charge in [-0.2, -0.15) is 9.67 Å². The zero-order chi connectivity index (χ0) is 17.5. The number of hydrogen-bond donors (Lipinski definition) is 0. The standard InChI is InChI=1S/C18H25N3O3/c1-5-23-10-11-24-18-19-17(15-9-7-6-8-14(15)4)21(20-18)16(22)12-13(2)3/h6-9,13H,5,10-12H2,1-4H3. The molecule has 0 bridgehead atoms. The third-order valence-corrected chi connectivity index (χ3v) is 3.46. The molecule has 1 aromatic heterocycles. The molecule has 2 rings (SSSR count). The van der Waals surface area contributed by atoms with E-state index >= 15 is 0 Å². The summed E-state index contributed by atoms with van der Waals surface area (Å²) in [5.74, 6) is 0.675. The van der Waals surface area contributed by atoms with Crippen molar-refractivity contribution in [1.82, 2.24) is 14.8 Å². The van der Waals surface area contributed by atoms with E-state index in [-0.39, 0.29) is 17.8 Å². The lowest BCUT2D eigenvalue weighted by Gasteiger charge is -2.08. The number of benzene rings is 1. The van der Waals surface area contributed by atoms with Crippen LogP contribution >= 0.6 is 0 Å². The van der Waals surface area contributed by atoms with Gasteiger partial charge in [0.2, 0.25) is 5.91 Å². The fourth-order valence-electron chi connectivity index (χ4n) is 2.30. The number of carbonyl (C=O) groups is 1. The molecule has 130 valence electrons. The topological polar surface area (TPSA) is 66.2 Å². The molecule has 0 amide bonds. The lowest BCUT2D eigenvalue weighted by Crippen LogP contribution is -2.16. The zero-order valence-corrected chi connectivity index (χ0v) is 14.8. The van der Waals surface area contributed by atoms with E-state index in [1.807, 2.05) is 52.0 Å². The second-order valence-corrected chi connectivity index (χ2v) is 5.98. The summed E-state index contributed by atoms with van der Waals surface area (Å²) in [7, 11) is 0. The van der Waals surface area contributed by atoms with Crippen molar-refractivity contribution in [3.63, 3.8) is 0 Å². The molecular formula is C18H25N3O3. The van der Waals surface area contributed by atoms with Gasteiger partial charge in [0, 0.05) is 18.6 Å². The minimum Gasteiger partial charge on any atom is -0.460 e. The molecular weight excluding hydrogens is 306 g/mol. The van der Waals surface area contributed by atoms with Gasteiger partial charge < -0.3 is 9.47 Å². The minimum absolute atomic E-state index is 0.0876. The average molecular weight is 331 g/mol. The highest BCUT2D eigenvalue weighted by Crippen LogP contribution is 2.24. The minimum atomic E-state index is -0.0876. The second kappa shape index (κ2) is 8.59. The number of rotatable bonds is 8. The molecule has 6 nitrogen and oxygen atoms in total. The van der Waals surface area contributed by atoms with Crippen molar-refractivity contribution < 1.29 is 14.3 Å². The van der Waals surface area contributed by atoms with Crippen LogP contribution in [0, 0.1) is 12.8 Å². The Morgan fingerprint density at radius 3 is 2.67 bits per heavy atom. The predicted molar refractivity (Wildman–Crippen MR) is 92.3 cm³/mol. The molecule has 1 heterocycles. The van der Waals surface area contributed by atoms with Crippen molar-refractivity contribution in [3.8, 4) is 17.4 Å². The summed E-state index contributed by atoms with van der Waals surface area (Å²) >= 11 is 0. The Morgan fingerprint density at radius 1 is 1.25 bits per heavy atom. The Hall–Kier alpha value is -2.21. The Morgan fingerprint density at radius 2 is 2.00 bits per heavy atom. The van der Waals surface area contributed by atoms with Crippen LogP contribution in [0.4, 0.5) is 0 Å². The van der Waals surface area contributed by atoms with Gasteiger partial charge in [0.05, 0.1) is 6.61 Å². The first-order chi connectivity index (χ1) is 11.5. The van der Waals surface area contributed by atoms with Crippen LogP contribution < -0.4 is 4.74 Å². The molecule has 2 aromatic rings. The molecule has 6 heteroatoms. The third-order valence-electron chi connectivity index (χ3n) is 3.46. The first kappa shape index (κ1) is 18.1. The van der Waals surface area contributed by atoms with Crippen molar-refractivity contribution >= 4 is 5.91 Å². The zero-order valence-electron chi connectivity index (χ0n) is 14.8. The van der Waals surface area contributed by atoms with Crippen molar-refractivity contribution in [1.29, 1.82) is 0 Å². The first-order valence-corrected chi connectivity index (χ1v) is 8.29. The predicted octanol–water partition coefficient (Wildman–Crippen LogP) is 3.36. The van der Waals surface area contributed by atoms with E-state index in [2.05, 4.69) is 10.1 Å². The molecule has 0 aliphatic carbocycles. The average Bonchev–Trinajstić information content (AvgIpc) is 2.95. The quantitative estimate of drug-likeness (QED) is 0.694. The molecule has 0 unspecified atom stereocenters. The number of aryl methyl sites for hydroxylation is 1. The molecule has 0 spiro atoms. The van der Waals surface area contributed by atoms with Crippen LogP contribution in [-0.2, 0) is 4.74 Å². The van der Waals surface area contributed by atoms with Gasteiger partial charge in [-0.15, -0.1) is 5.10 Å². The molecule has 0 saturated carbocycles. The maximum Gasteiger partial charge on any atom is 0.336 e. The molecule has 0 atom stereocenters. The van der Waals surface area contributed by atoms with E-state index < -0.39 is 0 Å². The lowest BCUT2D eigenvalue weighted by atomic mass is 10.1. The van der Waals surface area contributed by atoms with Crippen molar-refractivity contribution in [2.75, 3.05) is 19.8 Å². The van der Waals surface area contributed by atoms with Gasteiger partial charge in [0.15, 0.2) is 5.82 Å². The van der Waals surface area contributed by atoms with Crippen LogP contribution in [0.2, 0.25) is 0 Å². The van der Waals surface area contributed by atoms with Gasteiger partial charge in [-0.25, -0.2) is 0 Å². The summed E-state index contributed by atoms with van der Waals surface area (Å²) in [6, 6.07) is 7.99. The Labute approximate surface area is 142 Å². The molecule has 1 aromatic carbocycles. The normalized spacial score (nSPS) is 11.0. The van der Waals surface area contributed by atoms with E-state index in [0.29, 0.717) is 32.1 Å². The maximum absolute atomic E-state index is 12.5. The van der Waals surface area contributed by atoms with Crippen molar-refractivity contribution in [3.05, 3.63) is 29.8 Å². The van der Waals surface area contributed by atoms with E-state index in [1.54, 1.807) is 0 Å². The summed E-state index contributed by atoms with van der Waals surface area (Å²) in [6.45, 7) is 9.36. The van der Waals surface area contributed by atoms with Crippen LogP contribution in [-0.4, -0.2) is 40.5 Å². The van der Waals surface area contributed by atoms with Crippen LogP contribution in [0.5, 0.6) is 6.01 Å². The fraction of sp³-hybridized carbons (Fsp3) is 0.500. The smallest absolute Gasteiger partial charge is 0.336 e. The van der Waals surface area contributed by atoms with Gasteiger partial charge in [-0.3, -0.25) is 4.79 Å². The van der Waals surface area contributed by atoms with Crippen LogP contribution in [0.15, 0.2) is 24.3 Å². The van der Waals surface area contributed by atoms with E-state index in [4.69, 9.17) is 9.47 Å². The fourth-order valence-corrected chi connectivity index (χ4v) is 2.30. The van der Waals surface area contributed by atoms with Crippen molar-refractivity contribution in [2.45, 2.75) is 34.1 Å². The Kier molecular flexibility index (Phi) is 6.49. The highest BCUT2D eigenvalue weighted by atomic mass is 16.5. The number of ether oxygens (including phenoxy) is 2. The van der Waals surface area contributed by atoms with E-state index in [0.717, 1.165) is 11.1 Å². The van der Waals surface area contributed by atoms with Gasteiger partial charge in [-0.1, -0.05) is 38.1 Å².